The monoisotopic (exact) mass is 298 g/mol. The van der Waals surface area contributed by atoms with Crippen molar-refractivity contribution in [3.8, 4) is 0 Å². The lowest BCUT2D eigenvalue weighted by Gasteiger charge is -2.32. The molecule has 1 aliphatic rings. The van der Waals surface area contributed by atoms with Crippen LogP contribution in [0.1, 0.15) is 54.9 Å². The summed E-state index contributed by atoms with van der Waals surface area (Å²) in [7, 11) is 0. The van der Waals surface area contributed by atoms with Crippen molar-refractivity contribution in [1.29, 1.82) is 0 Å². The van der Waals surface area contributed by atoms with Gasteiger partial charge in [0.25, 0.3) is 0 Å². The van der Waals surface area contributed by atoms with E-state index in [1.165, 1.54) is 0 Å². The Morgan fingerprint density at radius 1 is 1.14 bits per heavy atom. The molecular weight excluding hydrogens is 277 g/mol. The maximum absolute atomic E-state index is 13.1. The molecule has 116 valence electrons. The fourth-order valence-corrected chi connectivity index (χ4v) is 3.17. The van der Waals surface area contributed by atoms with E-state index in [1.54, 1.807) is 12.1 Å². The Labute approximate surface area is 123 Å². The summed E-state index contributed by atoms with van der Waals surface area (Å²) in [6, 6.07) is 7.05. The smallest absolute Gasteiger partial charge is 0.294 e. The van der Waals surface area contributed by atoms with Gasteiger partial charge in [0, 0.05) is 11.5 Å². The van der Waals surface area contributed by atoms with Crippen LogP contribution in [0.5, 0.6) is 0 Å². The number of aryl methyl sites for hydroxylation is 1. The van der Waals surface area contributed by atoms with Crippen molar-refractivity contribution in [3.05, 3.63) is 35.4 Å². The molecule has 2 unspecified atom stereocenters. The van der Waals surface area contributed by atoms with E-state index in [2.05, 4.69) is 6.92 Å². The lowest BCUT2D eigenvalue weighted by atomic mass is 9.75. The summed E-state index contributed by atoms with van der Waals surface area (Å²) in [6.45, 7) is 2.06. The average molecular weight is 298 g/mol. The first-order valence-corrected chi connectivity index (χ1v) is 7.63. The molecule has 0 N–H and O–H groups in total. The van der Waals surface area contributed by atoms with Gasteiger partial charge in [0.15, 0.2) is 5.78 Å². The molecule has 0 bridgehead atoms. The van der Waals surface area contributed by atoms with Crippen LogP contribution in [0, 0.1) is 11.8 Å². The number of benzene rings is 1. The number of carbonyl (C=O) groups excluding carboxylic acids is 1. The molecule has 0 saturated heterocycles. The van der Waals surface area contributed by atoms with E-state index in [-0.39, 0.29) is 12.2 Å². The van der Waals surface area contributed by atoms with Crippen molar-refractivity contribution >= 4 is 5.78 Å². The van der Waals surface area contributed by atoms with Crippen molar-refractivity contribution in [2.24, 2.45) is 11.8 Å². The summed E-state index contributed by atoms with van der Waals surface area (Å²) in [5, 5.41) is 0. The molecule has 1 nitrogen and oxygen atoms in total. The number of hydrogen-bond donors (Lipinski definition) is 0. The quantitative estimate of drug-likeness (QED) is 0.699. The molecule has 0 spiro atoms. The van der Waals surface area contributed by atoms with Gasteiger partial charge in [-0.3, -0.25) is 4.79 Å². The van der Waals surface area contributed by atoms with E-state index in [0.29, 0.717) is 24.8 Å². The minimum absolute atomic E-state index is 0.0772. The molecule has 0 radical (unpaired) electrons. The first-order valence-electron chi connectivity index (χ1n) is 7.63. The van der Waals surface area contributed by atoms with Gasteiger partial charge in [-0.05, 0) is 24.8 Å². The third-order valence-electron chi connectivity index (χ3n) is 4.30. The maximum Gasteiger partial charge on any atom is 0.392 e. The predicted molar refractivity (Wildman–Crippen MR) is 76.3 cm³/mol. The summed E-state index contributed by atoms with van der Waals surface area (Å²) < 4.78 is 39.2. The highest BCUT2D eigenvalue weighted by Crippen LogP contribution is 2.42. The minimum Gasteiger partial charge on any atom is -0.294 e. The van der Waals surface area contributed by atoms with Crippen molar-refractivity contribution in [2.45, 2.75) is 51.6 Å². The van der Waals surface area contributed by atoms with Gasteiger partial charge in [0.05, 0.1) is 5.92 Å². The molecule has 0 heterocycles. The van der Waals surface area contributed by atoms with Crippen LogP contribution in [-0.4, -0.2) is 12.0 Å². The molecule has 1 aliphatic carbocycles. The molecule has 1 fully saturated rings. The van der Waals surface area contributed by atoms with Gasteiger partial charge >= 0.3 is 6.18 Å². The summed E-state index contributed by atoms with van der Waals surface area (Å²) in [4.78, 5) is 12.4. The van der Waals surface area contributed by atoms with Crippen LogP contribution in [-0.2, 0) is 6.42 Å². The van der Waals surface area contributed by atoms with Crippen LogP contribution in [0.2, 0.25) is 0 Å². The summed E-state index contributed by atoms with van der Waals surface area (Å²) >= 11 is 0. The lowest BCUT2D eigenvalue weighted by Crippen LogP contribution is -2.37. The van der Waals surface area contributed by atoms with E-state index in [0.717, 1.165) is 18.4 Å². The normalized spacial score (nSPS) is 23.0. The van der Waals surface area contributed by atoms with Crippen molar-refractivity contribution in [3.63, 3.8) is 0 Å². The fraction of sp³-hybridized carbons (Fsp3) is 0.588. The molecule has 1 aromatic rings. The molecule has 2 atom stereocenters. The Balaban J connectivity index is 2.16. The number of alkyl halides is 3. The second-order valence-electron chi connectivity index (χ2n) is 5.85. The molecule has 21 heavy (non-hydrogen) atoms. The van der Waals surface area contributed by atoms with Crippen LogP contribution in [0.15, 0.2) is 24.3 Å². The molecule has 4 heteroatoms. The van der Waals surface area contributed by atoms with Gasteiger partial charge in [0.1, 0.15) is 0 Å². The Morgan fingerprint density at radius 3 is 2.33 bits per heavy atom. The van der Waals surface area contributed by atoms with Crippen LogP contribution in [0.4, 0.5) is 13.2 Å². The maximum atomic E-state index is 13.1. The second-order valence-corrected chi connectivity index (χ2v) is 5.85. The molecule has 0 aromatic heterocycles. The summed E-state index contributed by atoms with van der Waals surface area (Å²) in [5.41, 5.74) is 1.53. The van der Waals surface area contributed by atoms with Crippen molar-refractivity contribution < 1.29 is 18.0 Å². The molecule has 1 saturated carbocycles. The first-order chi connectivity index (χ1) is 9.93. The zero-order valence-electron chi connectivity index (χ0n) is 12.2. The zero-order chi connectivity index (χ0) is 15.5. The van der Waals surface area contributed by atoms with E-state index < -0.39 is 18.0 Å². The van der Waals surface area contributed by atoms with E-state index in [4.69, 9.17) is 0 Å². The van der Waals surface area contributed by atoms with Crippen LogP contribution in [0.25, 0.3) is 0 Å². The van der Waals surface area contributed by atoms with E-state index >= 15 is 0 Å². The molecule has 0 aliphatic heterocycles. The first kappa shape index (κ1) is 16.1. The largest absolute Gasteiger partial charge is 0.392 e. The number of ketones is 1. The van der Waals surface area contributed by atoms with Gasteiger partial charge in [-0.25, -0.2) is 0 Å². The van der Waals surface area contributed by atoms with E-state index in [9.17, 15) is 18.0 Å². The Hall–Kier alpha value is -1.32. The van der Waals surface area contributed by atoms with E-state index in [1.807, 2.05) is 12.1 Å². The van der Waals surface area contributed by atoms with Gasteiger partial charge in [-0.2, -0.15) is 13.2 Å². The topological polar surface area (TPSA) is 17.1 Å². The number of Topliss-reactive ketones (excluding diaryl/α,β-unsaturated/α-hetero) is 1. The minimum atomic E-state index is -4.27. The highest BCUT2D eigenvalue weighted by atomic mass is 19.4. The zero-order valence-corrected chi connectivity index (χ0v) is 12.2. The highest BCUT2D eigenvalue weighted by molar-refractivity contribution is 5.98. The van der Waals surface area contributed by atoms with Gasteiger partial charge in [-0.15, -0.1) is 0 Å². The van der Waals surface area contributed by atoms with Crippen molar-refractivity contribution in [2.75, 3.05) is 0 Å². The highest BCUT2D eigenvalue weighted by Gasteiger charge is 2.47. The fourth-order valence-electron chi connectivity index (χ4n) is 3.17. The molecular formula is C17H21F3O. The summed E-state index contributed by atoms with van der Waals surface area (Å²) in [5.74, 6) is -2.73. The van der Waals surface area contributed by atoms with Gasteiger partial charge in [0.2, 0.25) is 0 Å². The van der Waals surface area contributed by atoms with Crippen LogP contribution >= 0.6 is 0 Å². The molecule has 1 aromatic carbocycles. The third kappa shape index (κ3) is 3.86. The third-order valence-corrected chi connectivity index (χ3v) is 4.30. The SMILES string of the molecule is CCCc1ccc(C(=O)C2CCCCC2C(F)(F)F)cc1. The Kier molecular flexibility index (Phi) is 5.07. The van der Waals surface area contributed by atoms with Crippen molar-refractivity contribution in [1.82, 2.24) is 0 Å². The Bertz CT molecular complexity index is 476. The number of rotatable bonds is 4. The number of carbonyl (C=O) groups is 1. The number of hydrogen-bond acceptors (Lipinski definition) is 1. The predicted octanol–water partition coefficient (Wildman–Crippen LogP) is 5.19. The molecule has 0 amide bonds. The van der Waals surface area contributed by atoms with Gasteiger partial charge < -0.3 is 0 Å². The van der Waals surface area contributed by atoms with Gasteiger partial charge in [-0.1, -0.05) is 50.5 Å². The van der Waals surface area contributed by atoms with Crippen LogP contribution in [0.3, 0.4) is 0 Å². The van der Waals surface area contributed by atoms with Crippen LogP contribution < -0.4 is 0 Å². The lowest BCUT2D eigenvalue weighted by molar-refractivity contribution is -0.190. The standard InChI is InChI=1S/C17H21F3O/c1-2-5-12-8-10-13(11-9-12)16(21)14-6-3-4-7-15(14)17(18,19)20/h8-11,14-15H,2-7H2,1H3. The Morgan fingerprint density at radius 2 is 1.76 bits per heavy atom. The number of halogens is 3. The second kappa shape index (κ2) is 6.63. The average Bonchev–Trinajstić information content (AvgIpc) is 2.47. The molecule has 2 rings (SSSR count). The summed E-state index contributed by atoms with van der Waals surface area (Å²) in [6.07, 6.45) is -0.661.